The number of hydrogen-bond acceptors (Lipinski definition) is 5. The highest BCUT2D eigenvalue weighted by molar-refractivity contribution is 5.94. The second-order valence-corrected chi connectivity index (χ2v) is 6.93. The second kappa shape index (κ2) is 7.75. The Kier molecular flexibility index (Phi) is 4.99. The Hall–Kier alpha value is -3.68. The highest BCUT2D eigenvalue weighted by Gasteiger charge is 2.30. The number of likely N-dealkylation sites (tertiary alicyclic amines) is 1. The molecule has 1 saturated heterocycles. The average molecular weight is 391 g/mol. The maximum atomic E-state index is 13.0. The average Bonchev–Trinajstić information content (AvgIpc) is 3.35. The van der Waals surface area contributed by atoms with Crippen molar-refractivity contribution in [2.45, 2.75) is 12.5 Å². The van der Waals surface area contributed by atoms with Gasteiger partial charge in [0.25, 0.3) is 11.8 Å². The standard InChI is InChI=1S/C21H21N5O3/c1-25-19(12-17(24-25)14-5-3-2-4-6-14)21(28)26-10-8-16(13-26)29-15-7-9-23-18(11-15)20(22)27/h2-7,9,11-12,16H,8,10,13H2,1H3,(H2,22,27)/t16-/m1/s1. The van der Waals surface area contributed by atoms with Crippen LogP contribution in [0.15, 0.2) is 54.7 Å². The Bertz CT molecular complexity index is 1050. The summed E-state index contributed by atoms with van der Waals surface area (Å²) in [6, 6.07) is 14.8. The predicted octanol–water partition coefficient (Wildman–Crippen LogP) is 1.87. The maximum absolute atomic E-state index is 13.0. The molecule has 4 rings (SSSR count). The molecule has 1 aliphatic rings. The van der Waals surface area contributed by atoms with Gasteiger partial charge in [-0.15, -0.1) is 0 Å². The summed E-state index contributed by atoms with van der Waals surface area (Å²) >= 11 is 0. The Morgan fingerprint density at radius 2 is 1.97 bits per heavy atom. The smallest absolute Gasteiger partial charge is 0.272 e. The number of carbonyl (C=O) groups is 2. The number of ether oxygens (including phenoxy) is 1. The van der Waals surface area contributed by atoms with Gasteiger partial charge in [0, 0.05) is 37.8 Å². The van der Waals surface area contributed by atoms with Gasteiger partial charge < -0.3 is 15.4 Å². The van der Waals surface area contributed by atoms with Gasteiger partial charge in [0.2, 0.25) is 0 Å². The van der Waals surface area contributed by atoms with Gasteiger partial charge in [-0.25, -0.2) is 0 Å². The highest BCUT2D eigenvalue weighted by Crippen LogP contribution is 2.23. The third-order valence-electron chi connectivity index (χ3n) is 4.89. The molecule has 1 atom stereocenters. The lowest BCUT2D eigenvalue weighted by atomic mass is 10.1. The van der Waals surface area contributed by atoms with Crippen LogP contribution >= 0.6 is 0 Å². The molecule has 2 N–H and O–H groups in total. The fourth-order valence-electron chi connectivity index (χ4n) is 3.40. The van der Waals surface area contributed by atoms with Gasteiger partial charge in [0.05, 0.1) is 12.2 Å². The van der Waals surface area contributed by atoms with Crippen molar-refractivity contribution in [2.24, 2.45) is 12.8 Å². The molecular weight excluding hydrogens is 370 g/mol. The molecule has 29 heavy (non-hydrogen) atoms. The van der Waals surface area contributed by atoms with Crippen molar-refractivity contribution in [3.63, 3.8) is 0 Å². The van der Waals surface area contributed by atoms with Crippen LogP contribution in [0.2, 0.25) is 0 Å². The molecule has 0 spiro atoms. The summed E-state index contributed by atoms with van der Waals surface area (Å²) in [5.41, 5.74) is 7.67. The molecule has 1 aliphatic heterocycles. The molecular formula is C21H21N5O3. The first-order valence-corrected chi connectivity index (χ1v) is 9.32. The number of aryl methyl sites for hydroxylation is 1. The van der Waals surface area contributed by atoms with Gasteiger partial charge in [-0.2, -0.15) is 5.10 Å². The van der Waals surface area contributed by atoms with Crippen molar-refractivity contribution in [3.8, 4) is 17.0 Å². The Morgan fingerprint density at radius 3 is 2.72 bits per heavy atom. The van der Waals surface area contributed by atoms with Crippen LogP contribution in [0.1, 0.15) is 27.4 Å². The molecule has 2 aromatic heterocycles. The molecule has 8 heteroatoms. The Labute approximate surface area is 167 Å². The van der Waals surface area contributed by atoms with Crippen molar-refractivity contribution in [2.75, 3.05) is 13.1 Å². The van der Waals surface area contributed by atoms with Crippen molar-refractivity contribution in [1.82, 2.24) is 19.7 Å². The minimum absolute atomic E-state index is 0.0826. The molecule has 2 amide bonds. The lowest BCUT2D eigenvalue weighted by Crippen LogP contribution is -2.32. The molecule has 0 aliphatic carbocycles. The predicted molar refractivity (Wildman–Crippen MR) is 106 cm³/mol. The fourth-order valence-corrected chi connectivity index (χ4v) is 3.40. The number of nitrogens with zero attached hydrogens (tertiary/aromatic N) is 4. The summed E-state index contributed by atoms with van der Waals surface area (Å²) in [7, 11) is 1.77. The summed E-state index contributed by atoms with van der Waals surface area (Å²) in [5, 5.41) is 4.47. The zero-order chi connectivity index (χ0) is 20.4. The van der Waals surface area contributed by atoms with E-state index in [4.69, 9.17) is 10.5 Å². The van der Waals surface area contributed by atoms with E-state index in [1.165, 1.54) is 12.3 Å². The molecule has 1 fully saturated rings. The Morgan fingerprint density at radius 1 is 1.17 bits per heavy atom. The zero-order valence-corrected chi connectivity index (χ0v) is 16.0. The number of rotatable bonds is 5. The number of hydrogen-bond donors (Lipinski definition) is 1. The lowest BCUT2D eigenvalue weighted by Gasteiger charge is -2.17. The van der Waals surface area contributed by atoms with Crippen LogP contribution in [-0.2, 0) is 7.05 Å². The number of pyridine rings is 1. The zero-order valence-electron chi connectivity index (χ0n) is 16.0. The van der Waals surface area contributed by atoms with Gasteiger partial charge in [-0.1, -0.05) is 30.3 Å². The van der Waals surface area contributed by atoms with E-state index in [-0.39, 0.29) is 17.7 Å². The summed E-state index contributed by atoms with van der Waals surface area (Å²) in [5.74, 6) is -0.176. The van der Waals surface area contributed by atoms with Crippen LogP contribution in [0.3, 0.4) is 0 Å². The third-order valence-corrected chi connectivity index (χ3v) is 4.89. The van der Waals surface area contributed by atoms with Gasteiger partial charge in [0.1, 0.15) is 23.2 Å². The van der Waals surface area contributed by atoms with Crippen LogP contribution in [0.4, 0.5) is 0 Å². The van der Waals surface area contributed by atoms with Gasteiger partial charge >= 0.3 is 0 Å². The van der Waals surface area contributed by atoms with Crippen molar-refractivity contribution in [1.29, 1.82) is 0 Å². The molecule has 1 aromatic carbocycles. The summed E-state index contributed by atoms with van der Waals surface area (Å²) in [6.07, 6.45) is 2.01. The first-order chi connectivity index (χ1) is 14.0. The number of amides is 2. The molecule has 148 valence electrons. The lowest BCUT2D eigenvalue weighted by molar-refractivity contribution is 0.0761. The van der Waals surface area contributed by atoms with E-state index in [2.05, 4.69) is 10.1 Å². The van der Waals surface area contributed by atoms with Crippen molar-refractivity contribution < 1.29 is 14.3 Å². The SMILES string of the molecule is Cn1nc(-c2ccccc2)cc1C(=O)N1CC[C@@H](Oc2ccnc(C(N)=O)c2)C1. The summed E-state index contributed by atoms with van der Waals surface area (Å²) in [4.78, 5) is 29.9. The number of primary amides is 1. The van der Waals surface area contributed by atoms with Crippen molar-refractivity contribution in [3.05, 3.63) is 66.1 Å². The maximum Gasteiger partial charge on any atom is 0.272 e. The summed E-state index contributed by atoms with van der Waals surface area (Å²) in [6.45, 7) is 1.04. The van der Waals surface area contributed by atoms with Crippen LogP contribution in [0.25, 0.3) is 11.3 Å². The van der Waals surface area contributed by atoms with E-state index in [9.17, 15) is 9.59 Å². The normalized spacial score (nSPS) is 16.0. The number of benzene rings is 1. The van der Waals surface area contributed by atoms with E-state index in [1.807, 2.05) is 36.4 Å². The van der Waals surface area contributed by atoms with E-state index < -0.39 is 5.91 Å². The van der Waals surface area contributed by atoms with E-state index in [1.54, 1.807) is 22.7 Å². The molecule has 3 aromatic rings. The molecule has 8 nitrogen and oxygen atoms in total. The topological polar surface area (TPSA) is 103 Å². The first kappa shape index (κ1) is 18.7. The molecule has 0 unspecified atom stereocenters. The molecule has 0 bridgehead atoms. The monoisotopic (exact) mass is 391 g/mol. The van der Waals surface area contributed by atoms with Gasteiger partial charge in [0.15, 0.2) is 0 Å². The van der Waals surface area contributed by atoms with Gasteiger partial charge in [-0.05, 0) is 12.1 Å². The second-order valence-electron chi connectivity index (χ2n) is 6.93. The van der Waals surface area contributed by atoms with E-state index in [0.717, 1.165) is 11.3 Å². The van der Waals surface area contributed by atoms with Crippen LogP contribution in [-0.4, -0.2) is 50.7 Å². The third kappa shape index (κ3) is 3.96. The van der Waals surface area contributed by atoms with Crippen LogP contribution < -0.4 is 10.5 Å². The van der Waals surface area contributed by atoms with Crippen LogP contribution in [0.5, 0.6) is 5.75 Å². The van der Waals surface area contributed by atoms with Gasteiger partial charge in [-0.3, -0.25) is 19.3 Å². The van der Waals surface area contributed by atoms with E-state index >= 15 is 0 Å². The van der Waals surface area contributed by atoms with Crippen molar-refractivity contribution >= 4 is 11.8 Å². The minimum atomic E-state index is -0.607. The number of carbonyl (C=O) groups excluding carboxylic acids is 2. The summed E-state index contributed by atoms with van der Waals surface area (Å²) < 4.78 is 7.54. The minimum Gasteiger partial charge on any atom is -0.488 e. The van der Waals surface area contributed by atoms with Crippen LogP contribution in [0, 0.1) is 0 Å². The van der Waals surface area contributed by atoms with E-state index in [0.29, 0.717) is 31.0 Å². The quantitative estimate of drug-likeness (QED) is 0.715. The largest absolute Gasteiger partial charge is 0.488 e. The molecule has 0 radical (unpaired) electrons. The molecule has 0 saturated carbocycles. The number of aromatic nitrogens is 3. The highest BCUT2D eigenvalue weighted by atomic mass is 16.5. The first-order valence-electron chi connectivity index (χ1n) is 9.32. The fraction of sp³-hybridized carbons (Fsp3) is 0.238. The molecule has 3 heterocycles. The Balaban J connectivity index is 1.44. The number of nitrogens with two attached hydrogens (primary N) is 1.